The van der Waals surface area contributed by atoms with Crippen LogP contribution >= 0.6 is 0 Å². The quantitative estimate of drug-likeness (QED) is 0.656. The van der Waals surface area contributed by atoms with Crippen molar-refractivity contribution in [2.24, 2.45) is 17.6 Å². The SMILES string of the molecule is CC(C)CNC(=O)CCNC(=O)CC1CCC(N)CC1. The maximum Gasteiger partial charge on any atom is 0.221 e. The van der Waals surface area contributed by atoms with Crippen molar-refractivity contribution in [1.29, 1.82) is 0 Å². The van der Waals surface area contributed by atoms with Gasteiger partial charge in [0.1, 0.15) is 0 Å². The highest BCUT2D eigenvalue weighted by molar-refractivity contribution is 5.79. The van der Waals surface area contributed by atoms with Crippen LogP contribution in [0.3, 0.4) is 0 Å². The lowest BCUT2D eigenvalue weighted by molar-refractivity contribution is -0.123. The molecule has 0 bridgehead atoms. The largest absolute Gasteiger partial charge is 0.356 e. The molecule has 1 aliphatic carbocycles. The molecule has 0 aromatic carbocycles. The third-order valence-electron chi connectivity index (χ3n) is 3.75. The van der Waals surface area contributed by atoms with Gasteiger partial charge in [0.05, 0.1) is 0 Å². The predicted octanol–water partition coefficient (Wildman–Crippen LogP) is 1.17. The standard InChI is InChI=1S/C15H29N3O2/c1-11(2)10-18-14(19)7-8-17-15(20)9-12-3-5-13(16)6-4-12/h11-13H,3-10,16H2,1-2H3,(H,17,20)(H,18,19). The smallest absolute Gasteiger partial charge is 0.221 e. The zero-order chi connectivity index (χ0) is 15.0. The summed E-state index contributed by atoms with van der Waals surface area (Å²) in [4.78, 5) is 23.2. The van der Waals surface area contributed by atoms with Gasteiger partial charge in [0.25, 0.3) is 0 Å². The number of amides is 2. The van der Waals surface area contributed by atoms with Gasteiger partial charge in [-0.25, -0.2) is 0 Å². The van der Waals surface area contributed by atoms with Crippen molar-refractivity contribution >= 4 is 11.8 Å². The first kappa shape index (κ1) is 17.0. The molecule has 20 heavy (non-hydrogen) atoms. The Morgan fingerprint density at radius 1 is 1.10 bits per heavy atom. The summed E-state index contributed by atoms with van der Waals surface area (Å²) in [5.74, 6) is 0.973. The zero-order valence-corrected chi connectivity index (χ0v) is 12.8. The third-order valence-corrected chi connectivity index (χ3v) is 3.75. The van der Waals surface area contributed by atoms with Gasteiger partial charge >= 0.3 is 0 Å². The number of nitrogens with one attached hydrogen (secondary N) is 2. The van der Waals surface area contributed by atoms with Gasteiger partial charge in [-0.3, -0.25) is 9.59 Å². The predicted molar refractivity (Wildman–Crippen MR) is 80.0 cm³/mol. The summed E-state index contributed by atoms with van der Waals surface area (Å²) in [7, 11) is 0. The van der Waals surface area contributed by atoms with Crippen LogP contribution in [0.25, 0.3) is 0 Å². The van der Waals surface area contributed by atoms with Crippen LogP contribution < -0.4 is 16.4 Å². The average molecular weight is 283 g/mol. The van der Waals surface area contributed by atoms with E-state index in [-0.39, 0.29) is 11.8 Å². The van der Waals surface area contributed by atoms with Crippen molar-refractivity contribution < 1.29 is 9.59 Å². The minimum absolute atomic E-state index is 0.00244. The van der Waals surface area contributed by atoms with E-state index in [2.05, 4.69) is 24.5 Å². The van der Waals surface area contributed by atoms with Crippen molar-refractivity contribution in [3.05, 3.63) is 0 Å². The van der Waals surface area contributed by atoms with Crippen LogP contribution in [0.1, 0.15) is 52.4 Å². The second-order valence-electron chi connectivity index (χ2n) is 6.28. The monoisotopic (exact) mass is 283 g/mol. The summed E-state index contributed by atoms with van der Waals surface area (Å²) in [6, 6.07) is 0.318. The first-order valence-electron chi connectivity index (χ1n) is 7.76. The van der Waals surface area contributed by atoms with Crippen molar-refractivity contribution in [2.75, 3.05) is 13.1 Å². The lowest BCUT2D eigenvalue weighted by Crippen LogP contribution is -2.34. The van der Waals surface area contributed by atoms with Crippen LogP contribution in [0.4, 0.5) is 0 Å². The number of hydrogen-bond acceptors (Lipinski definition) is 3. The molecule has 0 saturated heterocycles. The Morgan fingerprint density at radius 2 is 1.75 bits per heavy atom. The molecule has 1 fully saturated rings. The molecule has 116 valence electrons. The van der Waals surface area contributed by atoms with E-state index >= 15 is 0 Å². The van der Waals surface area contributed by atoms with Gasteiger partial charge in [-0.1, -0.05) is 13.8 Å². The Balaban J connectivity index is 2.06. The highest BCUT2D eigenvalue weighted by Crippen LogP contribution is 2.25. The van der Waals surface area contributed by atoms with Crippen LogP contribution in [-0.4, -0.2) is 30.9 Å². The molecular weight excluding hydrogens is 254 g/mol. The molecule has 0 heterocycles. The normalized spacial score (nSPS) is 22.6. The summed E-state index contributed by atoms with van der Waals surface area (Å²) in [6.45, 7) is 5.22. The Labute approximate surface area is 122 Å². The van der Waals surface area contributed by atoms with Crippen LogP contribution in [0.15, 0.2) is 0 Å². The molecule has 1 aliphatic rings. The first-order chi connectivity index (χ1) is 9.47. The van der Waals surface area contributed by atoms with E-state index in [9.17, 15) is 9.59 Å². The molecule has 2 amide bonds. The molecule has 1 saturated carbocycles. The van der Waals surface area contributed by atoms with Crippen molar-refractivity contribution in [1.82, 2.24) is 10.6 Å². The lowest BCUT2D eigenvalue weighted by Gasteiger charge is -2.25. The van der Waals surface area contributed by atoms with Crippen LogP contribution in [0.2, 0.25) is 0 Å². The van der Waals surface area contributed by atoms with Crippen LogP contribution in [0.5, 0.6) is 0 Å². The summed E-state index contributed by atoms with van der Waals surface area (Å²) in [5.41, 5.74) is 5.85. The highest BCUT2D eigenvalue weighted by atomic mass is 16.2. The van der Waals surface area contributed by atoms with Gasteiger partial charge in [0.2, 0.25) is 11.8 Å². The van der Waals surface area contributed by atoms with E-state index in [1.54, 1.807) is 0 Å². The van der Waals surface area contributed by atoms with Gasteiger partial charge < -0.3 is 16.4 Å². The molecule has 0 radical (unpaired) electrons. The summed E-state index contributed by atoms with van der Waals surface area (Å²) in [5, 5.41) is 5.67. The molecule has 0 spiro atoms. The summed E-state index contributed by atoms with van der Waals surface area (Å²) in [6.07, 6.45) is 5.06. The van der Waals surface area contributed by atoms with Crippen molar-refractivity contribution in [3.8, 4) is 0 Å². The molecule has 5 heteroatoms. The van der Waals surface area contributed by atoms with Gasteiger partial charge in [-0.05, 0) is 37.5 Å². The van der Waals surface area contributed by atoms with Crippen LogP contribution in [0, 0.1) is 11.8 Å². The molecule has 5 nitrogen and oxygen atoms in total. The van der Waals surface area contributed by atoms with Gasteiger partial charge in [0.15, 0.2) is 0 Å². The number of carbonyl (C=O) groups excluding carboxylic acids is 2. The molecule has 4 N–H and O–H groups in total. The fraction of sp³-hybridized carbons (Fsp3) is 0.867. The van der Waals surface area contributed by atoms with E-state index in [0.29, 0.717) is 43.8 Å². The van der Waals surface area contributed by atoms with Gasteiger partial charge in [-0.15, -0.1) is 0 Å². The number of rotatable bonds is 7. The minimum atomic E-state index is 0.00244. The van der Waals surface area contributed by atoms with E-state index < -0.39 is 0 Å². The van der Waals surface area contributed by atoms with Crippen molar-refractivity contribution in [2.45, 2.75) is 58.4 Å². The fourth-order valence-electron chi connectivity index (χ4n) is 2.45. The first-order valence-corrected chi connectivity index (χ1v) is 7.76. The Morgan fingerprint density at radius 3 is 2.35 bits per heavy atom. The topological polar surface area (TPSA) is 84.2 Å². The van der Waals surface area contributed by atoms with E-state index in [1.807, 2.05) is 0 Å². The fourth-order valence-corrected chi connectivity index (χ4v) is 2.45. The summed E-state index contributed by atoms with van der Waals surface area (Å²) >= 11 is 0. The maximum absolute atomic E-state index is 11.8. The van der Waals surface area contributed by atoms with E-state index in [4.69, 9.17) is 5.73 Å². The Hall–Kier alpha value is -1.10. The van der Waals surface area contributed by atoms with Crippen molar-refractivity contribution in [3.63, 3.8) is 0 Å². The highest BCUT2D eigenvalue weighted by Gasteiger charge is 2.20. The van der Waals surface area contributed by atoms with E-state index in [1.165, 1.54) is 0 Å². The van der Waals surface area contributed by atoms with Crippen LogP contribution in [-0.2, 0) is 9.59 Å². The second-order valence-corrected chi connectivity index (χ2v) is 6.28. The van der Waals surface area contributed by atoms with Gasteiger partial charge in [-0.2, -0.15) is 0 Å². The number of hydrogen-bond donors (Lipinski definition) is 3. The Kier molecular flexibility index (Phi) is 7.59. The minimum Gasteiger partial charge on any atom is -0.356 e. The number of carbonyl (C=O) groups is 2. The molecule has 1 rings (SSSR count). The molecule has 0 atom stereocenters. The Bertz CT molecular complexity index is 310. The molecule has 0 aliphatic heterocycles. The third kappa shape index (κ3) is 7.48. The maximum atomic E-state index is 11.8. The summed E-state index contributed by atoms with van der Waals surface area (Å²) < 4.78 is 0. The molecule has 0 aromatic heterocycles. The number of nitrogens with two attached hydrogens (primary N) is 1. The van der Waals surface area contributed by atoms with E-state index in [0.717, 1.165) is 25.7 Å². The molecule has 0 unspecified atom stereocenters. The zero-order valence-electron chi connectivity index (χ0n) is 12.8. The average Bonchev–Trinajstić information content (AvgIpc) is 2.39. The molecule has 0 aromatic rings. The second kappa shape index (κ2) is 8.95. The molecular formula is C15H29N3O2. The lowest BCUT2D eigenvalue weighted by atomic mass is 9.84. The van der Waals surface area contributed by atoms with Gasteiger partial charge in [0, 0.05) is 32.0 Å².